The zero-order chi connectivity index (χ0) is 13.1. The van der Waals surface area contributed by atoms with Gasteiger partial charge in [0.1, 0.15) is 0 Å². The lowest BCUT2D eigenvalue weighted by Crippen LogP contribution is -2.00. The van der Waals surface area contributed by atoms with Crippen LogP contribution in [0.15, 0.2) is 40.9 Å². The Morgan fingerprint density at radius 1 is 1.28 bits per heavy atom. The van der Waals surface area contributed by atoms with Gasteiger partial charge in [-0.3, -0.25) is 0 Å². The molecule has 0 spiro atoms. The second-order valence-corrected chi connectivity index (χ2v) is 5.75. The van der Waals surface area contributed by atoms with Crippen LogP contribution in [0.5, 0.6) is 5.75 Å². The van der Waals surface area contributed by atoms with Crippen molar-refractivity contribution < 1.29 is 9.50 Å². The minimum Gasteiger partial charge on any atom is -0.505 e. The van der Waals surface area contributed by atoms with Crippen LogP contribution in [0.25, 0.3) is 0 Å². The maximum atomic E-state index is 13.1. The van der Waals surface area contributed by atoms with Gasteiger partial charge in [-0.05, 0) is 62.8 Å². The molecule has 2 aromatic rings. The van der Waals surface area contributed by atoms with Gasteiger partial charge >= 0.3 is 0 Å². The van der Waals surface area contributed by atoms with E-state index in [2.05, 4.69) is 43.8 Å². The minimum atomic E-state index is -0.598. The highest BCUT2D eigenvalue weighted by Gasteiger charge is 2.06. The molecule has 0 bridgehead atoms. The number of nitrogens with one attached hydrogen (secondary N) is 1. The second-order valence-electron chi connectivity index (χ2n) is 3.73. The third-order valence-corrected chi connectivity index (χ3v) is 4.80. The van der Waals surface area contributed by atoms with E-state index in [1.165, 1.54) is 6.07 Å². The summed E-state index contributed by atoms with van der Waals surface area (Å²) in [6.07, 6.45) is 0. The fourth-order valence-electron chi connectivity index (χ4n) is 1.51. The third-order valence-electron chi connectivity index (χ3n) is 2.47. The minimum absolute atomic E-state index is 0.295. The van der Waals surface area contributed by atoms with Gasteiger partial charge < -0.3 is 10.4 Å². The van der Waals surface area contributed by atoms with E-state index in [0.717, 1.165) is 13.7 Å². The van der Waals surface area contributed by atoms with Crippen molar-refractivity contribution in [1.29, 1.82) is 0 Å². The zero-order valence-corrected chi connectivity index (χ0v) is 13.0. The van der Waals surface area contributed by atoms with Crippen LogP contribution >= 0.6 is 38.5 Å². The molecule has 0 aromatic heterocycles. The van der Waals surface area contributed by atoms with Crippen molar-refractivity contribution in [2.24, 2.45) is 0 Å². The van der Waals surface area contributed by atoms with Gasteiger partial charge in [0.15, 0.2) is 11.6 Å². The lowest BCUT2D eigenvalue weighted by molar-refractivity contribution is 0.427. The van der Waals surface area contributed by atoms with E-state index in [4.69, 9.17) is 0 Å². The predicted molar refractivity (Wildman–Crippen MR) is 82.3 cm³/mol. The van der Waals surface area contributed by atoms with Gasteiger partial charge in [-0.2, -0.15) is 0 Å². The first-order chi connectivity index (χ1) is 8.58. The molecule has 0 radical (unpaired) electrons. The molecular formula is C13H10BrFINO. The maximum Gasteiger partial charge on any atom is 0.165 e. The summed E-state index contributed by atoms with van der Waals surface area (Å²) in [7, 11) is 0. The van der Waals surface area contributed by atoms with Crippen LogP contribution in [-0.4, -0.2) is 5.11 Å². The molecule has 0 atom stereocenters. The van der Waals surface area contributed by atoms with E-state index in [9.17, 15) is 9.50 Å². The summed E-state index contributed by atoms with van der Waals surface area (Å²) in [6.45, 7) is 0.376. The molecule has 2 aromatic carbocycles. The summed E-state index contributed by atoms with van der Waals surface area (Å²) in [5.41, 5.74) is 1.46. The Bertz CT molecular complexity index is 577. The lowest BCUT2D eigenvalue weighted by Gasteiger charge is -2.09. The van der Waals surface area contributed by atoms with E-state index in [1.54, 1.807) is 12.1 Å². The topological polar surface area (TPSA) is 32.3 Å². The van der Waals surface area contributed by atoms with Gasteiger partial charge in [-0.1, -0.05) is 12.1 Å². The quantitative estimate of drug-likeness (QED) is 0.714. The van der Waals surface area contributed by atoms with Crippen molar-refractivity contribution in [2.75, 3.05) is 5.32 Å². The largest absolute Gasteiger partial charge is 0.505 e. The molecule has 2 nitrogen and oxygen atoms in total. The van der Waals surface area contributed by atoms with Gasteiger partial charge in [0.25, 0.3) is 0 Å². The summed E-state index contributed by atoms with van der Waals surface area (Å²) >= 11 is 5.64. The van der Waals surface area contributed by atoms with E-state index in [-0.39, 0.29) is 5.75 Å². The smallest absolute Gasteiger partial charge is 0.165 e. The van der Waals surface area contributed by atoms with Gasteiger partial charge in [0.05, 0.1) is 0 Å². The van der Waals surface area contributed by atoms with Crippen LogP contribution in [0.3, 0.4) is 0 Å². The Morgan fingerprint density at radius 3 is 2.78 bits per heavy atom. The predicted octanol–water partition coefficient (Wildman–Crippen LogP) is 4.51. The van der Waals surface area contributed by atoms with Crippen molar-refractivity contribution in [2.45, 2.75) is 6.54 Å². The molecule has 94 valence electrons. The molecule has 0 heterocycles. The van der Waals surface area contributed by atoms with Gasteiger partial charge in [0, 0.05) is 25.8 Å². The molecule has 0 fully saturated rings. The Kier molecular flexibility index (Phi) is 4.45. The van der Waals surface area contributed by atoms with E-state index < -0.39 is 5.82 Å². The van der Waals surface area contributed by atoms with Crippen LogP contribution in [0, 0.1) is 9.39 Å². The van der Waals surface area contributed by atoms with Crippen molar-refractivity contribution in [3.05, 3.63) is 55.8 Å². The molecule has 0 unspecified atom stereocenters. The van der Waals surface area contributed by atoms with Crippen LogP contribution in [0.1, 0.15) is 5.56 Å². The van der Waals surface area contributed by atoms with E-state index >= 15 is 0 Å². The lowest BCUT2D eigenvalue weighted by atomic mass is 10.2. The number of rotatable bonds is 3. The summed E-state index contributed by atoms with van der Waals surface area (Å²) < 4.78 is 15.3. The molecule has 0 saturated carbocycles. The monoisotopic (exact) mass is 421 g/mol. The highest BCUT2D eigenvalue weighted by Crippen LogP contribution is 2.25. The average Bonchev–Trinajstić information content (AvgIpc) is 2.35. The molecule has 18 heavy (non-hydrogen) atoms. The molecular weight excluding hydrogens is 412 g/mol. The molecule has 0 saturated heterocycles. The van der Waals surface area contributed by atoms with Crippen molar-refractivity contribution in [1.82, 2.24) is 0 Å². The van der Waals surface area contributed by atoms with Gasteiger partial charge in [-0.25, -0.2) is 4.39 Å². The number of halogens is 3. The number of hydrogen-bond acceptors (Lipinski definition) is 2. The number of phenolic OH excluding ortho intramolecular Hbond substituents is 1. The number of aromatic hydroxyl groups is 1. The Hall–Kier alpha value is -0.820. The Morgan fingerprint density at radius 2 is 2.06 bits per heavy atom. The van der Waals surface area contributed by atoms with Gasteiger partial charge in [-0.15, -0.1) is 0 Å². The first-order valence-corrected chi connectivity index (χ1v) is 7.10. The first kappa shape index (κ1) is 13.6. The number of phenols is 1. The van der Waals surface area contributed by atoms with Crippen LogP contribution in [0.2, 0.25) is 0 Å². The number of para-hydroxylation sites is 1. The fourth-order valence-corrected chi connectivity index (χ4v) is 2.27. The van der Waals surface area contributed by atoms with Crippen molar-refractivity contribution >= 4 is 44.2 Å². The van der Waals surface area contributed by atoms with Gasteiger partial charge in [0.2, 0.25) is 0 Å². The number of anilines is 1. The first-order valence-electron chi connectivity index (χ1n) is 5.23. The molecule has 0 aliphatic heterocycles. The summed E-state index contributed by atoms with van der Waals surface area (Å²) in [4.78, 5) is 0. The molecule has 0 aliphatic carbocycles. The fraction of sp³-hybridized carbons (Fsp3) is 0.0769. The highest BCUT2D eigenvalue weighted by molar-refractivity contribution is 14.1. The average molecular weight is 422 g/mol. The standard InChI is InChI=1S/C13H10BrFINO/c14-10-5-4-9(6-12(10)16)17-7-8-2-1-3-11(15)13(8)18/h1-6,17-18H,7H2. The zero-order valence-electron chi connectivity index (χ0n) is 9.25. The second kappa shape index (κ2) is 5.88. The SMILES string of the molecule is Oc1c(F)cccc1CNc1ccc(Br)c(I)c1. The molecule has 2 N–H and O–H groups in total. The molecule has 2 rings (SSSR count). The molecule has 0 aliphatic rings. The van der Waals surface area contributed by atoms with E-state index in [0.29, 0.717) is 12.1 Å². The Labute approximate surface area is 126 Å². The van der Waals surface area contributed by atoms with Crippen LogP contribution < -0.4 is 5.32 Å². The summed E-state index contributed by atoms with van der Waals surface area (Å²) in [5.74, 6) is -0.892. The van der Waals surface area contributed by atoms with Crippen LogP contribution in [0.4, 0.5) is 10.1 Å². The van der Waals surface area contributed by atoms with E-state index in [1.807, 2.05) is 18.2 Å². The Balaban J connectivity index is 2.11. The summed E-state index contributed by atoms with van der Waals surface area (Å²) in [6, 6.07) is 10.3. The van der Waals surface area contributed by atoms with Crippen molar-refractivity contribution in [3.63, 3.8) is 0 Å². The maximum absolute atomic E-state index is 13.1. The number of hydrogen-bond donors (Lipinski definition) is 2. The third kappa shape index (κ3) is 3.14. The molecule has 5 heteroatoms. The van der Waals surface area contributed by atoms with Crippen molar-refractivity contribution in [3.8, 4) is 5.75 Å². The van der Waals surface area contributed by atoms with Crippen LogP contribution in [-0.2, 0) is 6.54 Å². The normalized spacial score (nSPS) is 10.4. The number of benzene rings is 2. The summed E-state index contributed by atoms with van der Waals surface area (Å²) in [5, 5.41) is 12.7. The highest BCUT2D eigenvalue weighted by atomic mass is 127. The molecule has 0 amide bonds.